The Labute approximate surface area is 186 Å². The fourth-order valence-corrected chi connectivity index (χ4v) is 4.15. The van der Waals surface area contributed by atoms with Gasteiger partial charge in [0.1, 0.15) is 5.82 Å². The van der Waals surface area contributed by atoms with Crippen molar-refractivity contribution in [3.05, 3.63) is 71.0 Å². The average molecular weight is 426 g/mol. The van der Waals surface area contributed by atoms with Crippen molar-refractivity contribution in [1.82, 2.24) is 20.4 Å². The van der Waals surface area contributed by atoms with Gasteiger partial charge >= 0.3 is 0 Å². The molecule has 5 nitrogen and oxygen atoms in total. The molecule has 1 unspecified atom stereocenters. The van der Waals surface area contributed by atoms with Gasteiger partial charge in [-0.15, -0.1) is 0 Å². The molecule has 2 aromatic carbocycles. The highest BCUT2D eigenvalue weighted by atomic mass is 19.1. The second kappa shape index (κ2) is 11.3. The third kappa shape index (κ3) is 6.77. The van der Waals surface area contributed by atoms with Gasteiger partial charge in [-0.05, 0) is 57.1 Å². The highest BCUT2D eigenvalue weighted by Crippen LogP contribution is 2.24. The zero-order chi connectivity index (χ0) is 22.2. The monoisotopic (exact) mass is 425 g/mol. The predicted molar refractivity (Wildman–Crippen MR) is 127 cm³/mol. The van der Waals surface area contributed by atoms with Gasteiger partial charge in [-0.1, -0.05) is 36.4 Å². The summed E-state index contributed by atoms with van der Waals surface area (Å²) in [5.41, 5.74) is 3.14. The van der Waals surface area contributed by atoms with E-state index in [-0.39, 0.29) is 5.82 Å². The lowest BCUT2D eigenvalue weighted by molar-refractivity contribution is 0.158. The second-order valence-corrected chi connectivity index (χ2v) is 8.63. The van der Waals surface area contributed by atoms with Crippen molar-refractivity contribution in [1.29, 1.82) is 0 Å². The molecular weight excluding hydrogens is 389 g/mol. The maximum Gasteiger partial charge on any atom is 0.191 e. The van der Waals surface area contributed by atoms with E-state index in [4.69, 9.17) is 0 Å². The molecule has 0 aromatic heterocycles. The van der Waals surface area contributed by atoms with E-state index in [1.54, 1.807) is 13.1 Å². The van der Waals surface area contributed by atoms with Crippen LogP contribution in [-0.2, 0) is 13.1 Å². The van der Waals surface area contributed by atoms with E-state index in [0.717, 1.165) is 37.5 Å². The lowest BCUT2D eigenvalue weighted by Gasteiger charge is -2.37. The van der Waals surface area contributed by atoms with Crippen molar-refractivity contribution < 1.29 is 4.39 Å². The number of nitrogens with one attached hydrogen (secondary N) is 2. The van der Waals surface area contributed by atoms with Gasteiger partial charge < -0.3 is 15.5 Å². The Balaban J connectivity index is 1.48. The third-order valence-corrected chi connectivity index (χ3v) is 5.98. The summed E-state index contributed by atoms with van der Waals surface area (Å²) < 4.78 is 14.0. The van der Waals surface area contributed by atoms with Crippen molar-refractivity contribution in [2.24, 2.45) is 4.99 Å². The Morgan fingerprint density at radius 3 is 2.52 bits per heavy atom. The molecule has 0 amide bonds. The molecule has 1 saturated heterocycles. The van der Waals surface area contributed by atoms with Crippen molar-refractivity contribution in [3.8, 4) is 0 Å². The van der Waals surface area contributed by atoms with Gasteiger partial charge in [-0.25, -0.2) is 4.39 Å². The quantitative estimate of drug-likeness (QED) is 0.523. The SMILES string of the molecule is CN=C(NCc1ccc(F)c(CN(C)C)c1)NC1CCN(C(C)c2ccccc2)CC1. The molecule has 1 aliphatic rings. The van der Waals surface area contributed by atoms with Crippen molar-refractivity contribution in [2.45, 2.75) is 44.9 Å². The van der Waals surface area contributed by atoms with Crippen LogP contribution in [0.4, 0.5) is 4.39 Å². The smallest absolute Gasteiger partial charge is 0.191 e. The number of benzene rings is 2. The van der Waals surface area contributed by atoms with E-state index < -0.39 is 0 Å². The Kier molecular flexibility index (Phi) is 8.43. The Hall–Kier alpha value is -2.44. The van der Waals surface area contributed by atoms with Gasteiger partial charge in [0.2, 0.25) is 0 Å². The molecule has 1 atom stereocenters. The number of hydrogen-bond donors (Lipinski definition) is 2. The predicted octanol–water partition coefficient (Wildman–Crippen LogP) is 3.78. The lowest BCUT2D eigenvalue weighted by atomic mass is 10.0. The summed E-state index contributed by atoms with van der Waals surface area (Å²) in [4.78, 5) is 8.91. The normalized spacial score (nSPS) is 17.0. The molecule has 1 heterocycles. The zero-order valence-electron chi connectivity index (χ0n) is 19.2. The summed E-state index contributed by atoms with van der Waals surface area (Å²) in [5.74, 6) is 0.643. The van der Waals surface area contributed by atoms with E-state index >= 15 is 0 Å². The van der Waals surface area contributed by atoms with Crippen LogP contribution in [0.25, 0.3) is 0 Å². The van der Waals surface area contributed by atoms with Crippen LogP contribution in [0, 0.1) is 5.82 Å². The Bertz CT molecular complexity index is 844. The molecule has 6 heteroatoms. The molecule has 0 aliphatic carbocycles. The summed E-state index contributed by atoms with van der Waals surface area (Å²) in [6.07, 6.45) is 2.17. The van der Waals surface area contributed by atoms with Crippen LogP contribution in [0.5, 0.6) is 0 Å². The first kappa shape index (κ1) is 23.2. The van der Waals surface area contributed by atoms with E-state index in [2.05, 4.69) is 57.8 Å². The maximum atomic E-state index is 14.0. The molecule has 1 aliphatic heterocycles. The van der Waals surface area contributed by atoms with Crippen LogP contribution in [-0.4, -0.2) is 56.0 Å². The lowest BCUT2D eigenvalue weighted by Crippen LogP contribution is -2.48. The van der Waals surface area contributed by atoms with Gasteiger partial charge in [0.25, 0.3) is 0 Å². The first-order valence-electron chi connectivity index (χ1n) is 11.1. The molecule has 0 spiro atoms. The van der Waals surface area contributed by atoms with E-state index in [1.165, 1.54) is 5.56 Å². The molecule has 3 rings (SSSR count). The van der Waals surface area contributed by atoms with Crippen molar-refractivity contribution >= 4 is 5.96 Å². The van der Waals surface area contributed by atoms with Crippen molar-refractivity contribution in [3.63, 3.8) is 0 Å². The average Bonchev–Trinajstić information content (AvgIpc) is 2.78. The minimum atomic E-state index is -0.156. The van der Waals surface area contributed by atoms with Crippen LogP contribution in [0.1, 0.15) is 42.5 Å². The molecule has 0 saturated carbocycles. The summed E-state index contributed by atoms with van der Waals surface area (Å²) in [6.45, 7) is 5.63. The third-order valence-electron chi connectivity index (χ3n) is 5.98. The molecule has 0 bridgehead atoms. The van der Waals surface area contributed by atoms with Gasteiger partial charge in [0.15, 0.2) is 5.96 Å². The second-order valence-electron chi connectivity index (χ2n) is 8.63. The fraction of sp³-hybridized carbons (Fsp3) is 0.480. The van der Waals surface area contributed by atoms with Gasteiger partial charge in [-0.2, -0.15) is 0 Å². The van der Waals surface area contributed by atoms with Crippen LogP contribution in [0.15, 0.2) is 53.5 Å². The Morgan fingerprint density at radius 2 is 1.87 bits per heavy atom. The van der Waals surface area contributed by atoms with E-state index in [9.17, 15) is 4.39 Å². The van der Waals surface area contributed by atoms with E-state index in [0.29, 0.717) is 30.7 Å². The zero-order valence-corrected chi connectivity index (χ0v) is 19.2. The van der Waals surface area contributed by atoms with Gasteiger partial charge in [0.05, 0.1) is 0 Å². The van der Waals surface area contributed by atoms with Crippen LogP contribution >= 0.6 is 0 Å². The summed E-state index contributed by atoms with van der Waals surface area (Å²) >= 11 is 0. The largest absolute Gasteiger partial charge is 0.354 e. The molecule has 2 N–H and O–H groups in total. The fourth-order valence-electron chi connectivity index (χ4n) is 4.15. The topological polar surface area (TPSA) is 42.9 Å². The molecule has 31 heavy (non-hydrogen) atoms. The first-order chi connectivity index (χ1) is 15.0. The number of likely N-dealkylation sites (tertiary alicyclic amines) is 1. The summed E-state index contributed by atoms with van der Waals surface area (Å²) in [7, 11) is 5.69. The molecule has 168 valence electrons. The Morgan fingerprint density at radius 1 is 1.16 bits per heavy atom. The summed E-state index contributed by atoms with van der Waals surface area (Å²) in [5, 5.41) is 6.95. The number of aliphatic imine (C=N–C) groups is 1. The molecule has 1 fully saturated rings. The first-order valence-corrected chi connectivity index (χ1v) is 11.1. The highest BCUT2D eigenvalue weighted by molar-refractivity contribution is 5.79. The minimum absolute atomic E-state index is 0.156. The number of halogens is 1. The number of nitrogens with zero attached hydrogens (tertiary/aromatic N) is 3. The highest BCUT2D eigenvalue weighted by Gasteiger charge is 2.24. The number of hydrogen-bond acceptors (Lipinski definition) is 3. The van der Waals surface area contributed by atoms with Gasteiger partial charge in [-0.3, -0.25) is 9.89 Å². The summed E-state index contributed by atoms with van der Waals surface area (Å²) in [6, 6.07) is 16.9. The van der Waals surface area contributed by atoms with Crippen LogP contribution in [0.2, 0.25) is 0 Å². The molecule has 0 radical (unpaired) electrons. The number of guanidine groups is 1. The minimum Gasteiger partial charge on any atom is -0.354 e. The van der Waals surface area contributed by atoms with Gasteiger partial charge in [0, 0.05) is 50.9 Å². The van der Waals surface area contributed by atoms with Crippen LogP contribution < -0.4 is 10.6 Å². The van der Waals surface area contributed by atoms with E-state index in [1.807, 2.05) is 31.1 Å². The number of rotatable bonds is 7. The maximum absolute atomic E-state index is 14.0. The van der Waals surface area contributed by atoms with Crippen LogP contribution in [0.3, 0.4) is 0 Å². The molecular formula is C25H36FN5. The number of piperidine rings is 1. The standard InChI is InChI=1S/C25H36FN5/c1-19(21-8-6-5-7-9-21)31-14-12-23(13-15-31)29-25(27-2)28-17-20-10-11-24(26)22(16-20)18-30(3)4/h5-11,16,19,23H,12-15,17-18H2,1-4H3,(H2,27,28,29). The van der Waals surface area contributed by atoms with Crippen molar-refractivity contribution in [2.75, 3.05) is 34.2 Å². The molecule has 2 aromatic rings.